The minimum atomic E-state index is -0.619. The molecule has 0 spiro atoms. The fourth-order valence-corrected chi connectivity index (χ4v) is 2.99. The first-order valence-corrected chi connectivity index (χ1v) is 7.38. The number of likely N-dealkylation sites (tertiary alicyclic amines) is 1. The number of carbonyl (C=O) groups is 3. The van der Waals surface area contributed by atoms with Crippen molar-refractivity contribution in [3.05, 3.63) is 17.5 Å². The maximum absolute atomic E-state index is 12.4. The van der Waals surface area contributed by atoms with Crippen molar-refractivity contribution >= 4 is 17.8 Å². The van der Waals surface area contributed by atoms with Crippen LogP contribution in [-0.2, 0) is 9.59 Å². The molecule has 0 aromatic carbocycles. The summed E-state index contributed by atoms with van der Waals surface area (Å²) in [6.45, 7) is 2.50. The third kappa shape index (κ3) is 2.81. The fraction of sp³-hybridized carbons (Fsp3) is 0.571. The molecule has 8 nitrogen and oxygen atoms in total. The number of hydrogen-bond donors (Lipinski definition) is 2. The molecule has 1 aromatic rings. The molecular formula is C14H18N4O4. The Morgan fingerprint density at radius 1 is 1.50 bits per heavy atom. The van der Waals surface area contributed by atoms with E-state index in [1.54, 1.807) is 4.90 Å². The van der Waals surface area contributed by atoms with Crippen molar-refractivity contribution in [2.45, 2.75) is 44.7 Å². The van der Waals surface area contributed by atoms with Crippen molar-refractivity contribution in [2.24, 2.45) is 0 Å². The fourth-order valence-electron chi connectivity index (χ4n) is 2.99. The van der Waals surface area contributed by atoms with Crippen molar-refractivity contribution in [2.75, 3.05) is 6.54 Å². The molecule has 8 heteroatoms. The van der Waals surface area contributed by atoms with Gasteiger partial charge in [0, 0.05) is 19.0 Å². The Kier molecular flexibility index (Phi) is 3.82. The first-order valence-electron chi connectivity index (χ1n) is 7.38. The highest BCUT2D eigenvalue weighted by molar-refractivity contribution is 6.04. The van der Waals surface area contributed by atoms with E-state index in [4.69, 9.17) is 4.52 Å². The van der Waals surface area contributed by atoms with Crippen LogP contribution in [0.2, 0.25) is 0 Å². The van der Waals surface area contributed by atoms with Crippen LogP contribution in [0.25, 0.3) is 0 Å². The molecule has 0 unspecified atom stereocenters. The van der Waals surface area contributed by atoms with Gasteiger partial charge in [-0.2, -0.15) is 0 Å². The lowest BCUT2D eigenvalue weighted by atomic mass is 10.1. The molecule has 2 aliphatic heterocycles. The first-order chi connectivity index (χ1) is 10.5. The topological polar surface area (TPSA) is 105 Å². The van der Waals surface area contributed by atoms with E-state index in [1.165, 1.54) is 0 Å². The van der Waals surface area contributed by atoms with Crippen LogP contribution in [0.3, 0.4) is 0 Å². The van der Waals surface area contributed by atoms with Gasteiger partial charge in [0.15, 0.2) is 0 Å². The normalized spacial score (nSPS) is 24.5. The highest BCUT2D eigenvalue weighted by atomic mass is 16.5. The van der Waals surface area contributed by atoms with E-state index >= 15 is 0 Å². The van der Waals surface area contributed by atoms with Gasteiger partial charge in [-0.25, -0.2) is 4.79 Å². The monoisotopic (exact) mass is 306 g/mol. The lowest BCUT2D eigenvalue weighted by molar-refractivity contribution is -0.132. The van der Waals surface area contributed by atoms with Gasteiger partial charge in [0.2, 0.25) is 5.91 Å². The molecule has 0 radical (unpaired) electrons. The van der Waals surface area contributed by atoms with E-state index < -0.39 is 12.1 Å². The molecule has 118 valence electrons. The number of imide groups is 1. The van der Waals surface area contributed by atoms with Crippen molar-refractivity contribution in [3.63, 3.8) is 0 Å². The number of nitrogens with zero attached hydrogens (tertiary/aromatic N) is 2. The summed E-state index contributed by atoms with van der Waals surface area (Å²) in [6.07, 6.45) is 2.30. The largest absolute Gasteiger partial charge is 0.361 e. The zero-order valence-electron chi connectivity index (χ0n) is 12.3. The third-order valence-electron chi connectivity index (χ3n) is 4.07. The van der Waals surface area contributed by atoms with E-state index in [0.717, 1.165) is 24.3 Å². The molecule has 22 heavy (non-hydrogen) atoms. The van der Waals surface area contributed by atoms with Crippen molar-refractivity contribution in [1.82, 2.24) is 20.7 Å². The molecule has 2 fully saturated rings. The summed E-state index contributed by atoms with van der Waals surface area (Å²) in [7, 11) is 0. The van der Waals surface area contributed by atoms with Crippen molar-refractivity contribution in [3.8, 4) is 0 Å². The summed E-state index contributed by atoms with van der Waals surface area (Å²) in [6, 6.07) is 0.671. The minimum absolute atomic E-state index is 0.0305. The Hall–Kier alpha value is -2.38. The quantitative estimate of drug-likeness (QED) is 0.794. The van der Waals surface area contributed by atoms with Crippen LogP contribution in [0.4, 0.5) is 4.79 Å². The standard InChI is InChI=1S/C14H18N4O4/c1-8-7-10(17-22-8)11-3-2-6-18(11)12(19)5-4-9-13(20)16-14(21)15-9/h7,9,11H,2-6H2,1H3,(H2,15,16,20,21)/t9-,11+/m1/s1. The number of hydrogen-bond acceptors (Lipinski definition) is 5. The van der Waals surface area contributed by atoms with Crippen LogP contribution in [0.5, 0.6) is 0 Å². The Bertz CT molecular complexity index is 612. The number of urea groups is 1. The average molecular weight is 306 g/mol. The highest BCUT2D eigenvalue weighted by Gasteiger charge is 2.34. The summed E-state index contributed by atoms with van der Waals surface area (Å²) in [5.41, 5.74) is 0.773. The number of nitrogens with one attached hydrogen (secondary N) is 2. The number of amides is 4. The Morgan fingerprint density at radius 3 is 2.95 bits per heavy atom. The van der Waals surface area contributed by atoms with Gasteiger partial charge in [-0.1, -0.05) is 5.16 Å². The minimum Gasteiger partial charge on any atom is -0.361 e. The van der Waals surface area contributed by atoms with Gasteiger partial charge in [-0.05, 0) is 26.2 Å². The summed E-state index contributed by atoms with van der Waals surface area (Å²) < 4.78 is 5.08. The lowest BCUT2D eigenvalue weighted by Gasteiger charge is -2.23. The zero-order valence-corrected chi connectivity index (χ0v) is 12.3. The summed E-state index contributed by atoms with van der Waals surface area (Å²) in [4.78, 5) is 36.7. The van der Waals surface area contributed by atoms with Crippen LogP contribution >= 0.6 is 0 Å². The molecule has 0 saturated carbocycles. The summed E-state index contributed by atoms with van der Waals surface area (Å²) in [5.74, 6) is 0.319. The molecule has 2 saturated heterocycles. The van der Waals surface area contributed by atoms with E-state index in [9.17, 15) is 14.4 Å². The Labute approximate surface area is 127 Å². The van der Waals surface area contributed by atoms with Crippen molar-refractivity contribution < 1.29 is 18.9 Å². The van der Waals surface area contributed by atoms with Gasteiger partial charge < -0.3 is 14.7 Å². The molecule has 2 aliphatic rings. The molecular weight excluding hydrogens is 288 g/mol. The maximum atomic E-state index is 12.4. The number of rotatable bonds is 4. The van der Waals surface area contributed by atoms with Crippen LogP contribution in [-0.4, -0.2) is 40.5 Å². The van der Waals surface area contributed by atoms with Gasteiger partial charge in [0.05, 0.1) is 6.04 Å². The molecule has 2 atom stereocenters. The molecule has 0 aliphatic carbocycles. The number of carbonyl (C=O) groups excluding carboxylic acids is 3. The van der Waals surface area contributed by atoms with Gasteiger partial charge in [-0.3, -0.25) is 14.9 Å². The number of aryl methyl sites for hydroxylation is 1. The second-order valence-corrected chi connectivity index (χ2v) is 5.66. The molecule has 3 rings (SSSR count). The number of aromatic nitrogens is 1. The SMILES string of the molecule is Cc1cc([C@@H]2CCCN2C(=O)CC[C@H]2NC(=O)NC2=O)no1. The summed E-state index contributed by atoms with van der Waals surface area (Å²) >= 11 is 0. The van der Waals surface area contributed by atoms with Gasteiger partial charge in [0.25, 0.3) is 5.91 Å². The predicted molar refractivity (Wildman–Crippen MR) is 74.6 cm³/mol. The van der Waals surface area contributed by atoms with E-state index in [2.05, 4.69) is 15.8 Å². The van der Waals surface area contributed by atoms with Gasteiger partial charge in [0.1, 0.15) is 17.5 Å². The van der Waals surface area contributed by atoms with Crippen LogP contribution < -0.4 is 10.6 Å². The third-order valence-corrected chi connectivity index (χ3v) is 4.07. The van der Waals surface area contributed by atoms with Crippen LogP contribution in [0.15, 0.2) is 10.6 Å². The molecule has 3 heterocycles. The molecule has 4 amide bonds. The van der Waals surface area contributed by atoms with Crippen LogP contribution in [0, 0.1) is 6.92 Å². The van der Waals surface area contributed by atoms with Gasteiger partial charge >= 0.3 is 6.03 Å². The lowest BCUT2D eigenvalue weighted by Crippen LogP contribution is -2.34. The van der Waals surface area contributed by atoms with Crippen molar-refractivity contribution in [1.29, 1.82) is 0 Å². The smallest absolute Gasteiger partial charge is 0.322 e. The second-order valence-electron chi connectivity index (χ2n) is 5.66. The second kappa shape index (κ2) is 5.78. The molecule has 2 N–H and O–H groups in total. The van der Waals surface area contributed by atoms with Crippen LogP contribution in [0.1, 0.15) is 43.2 Å². The molecule has 1 aromatic heterocycles. The molecule has 0 bridgehead atoms. The highest BCUT2D eigenvalue weighted by Crippen LogP contribution is 2.32. The predicted octanol–water partition coefficient (Wildman–Crippen LogP) is 0.635. The average Bonchev–Trinajstić information content (AvgIpc) is 3.16. The summed E-state index contributed by atoms with van der Waals surface area (Å²) in [5, 5.41) is 8.66. The Balaban J connectivity index is 1.59. The van der Waals surface area contributed by atoms with E-state index in [-0.39, 0.29) is 24.3 Å². The van der Waals surface area contributed by atoms with Gasteiger partial charge in [-0.15, -0.1) is 0 Å². The Morgan fingerprint density at radius 2 is 2.32 bits per heavy atom. The first kappa shape index (κ1) is 14.6. The van der Waals surface area contributed by atoms with E-state index in [0.29, 0.717) is 13.0 Å². The maximum Gasteiger partial charge on any atom is 0.322 e. The zero-order chi connectivity index (χ0) is 15.7. The van der Waals surface area contributed by atoms with E-state index in [1.807, 2.05) is 13.0 Å².